The quantitative estimate of drug-likeness (QED) is 0.695. The van der Waals surface area contributed by atoms with Crippen molar-refractivity contribution in [1.29, 1.82) is 0 Å². The average molecular weight is 231 g/mol. The second kappa shape index (κ2) is 3.56. The number of imidazole rings is 1. The maximum absolute atomic E-state index is 4.57. The second-order valence-corrected chi connectivity index (χ2v) is 6.60. The van der Waals surface area contributed by atoms with E-state index in [9.17, 15) is 0 Å². The summed E-state index contributed by atoms with van der Waals surface area (Å²) in [5.41, 5.74) is 3.31. The molecule has 0 aromatic carbocycles. The van der Waals surface area contributed by atoms with Gasteiger partial charge in [0.15, 0.2) is 5.65 Å². The third-order valence-corrected chi connectivity index (χ3v) is 2.98. The molecule has 0 saturated heterocycles. The van der Waals surface area contributed by atoms with Gasteiger partial charge >= 0.3 is 0 Å². The largest absolute Gasteiger partial charge is 0.310 e. The van der Waals surface area contributed by atoms with E-state index in [0.29, 0.717) is 0 Å². The van der Waals surface area contributed by atoms with Gasteiger partial charge in [-0.15, -0.1) is 0 Å². The molecule has 3 heteroatoms. The van der Waals surface area contributed by atoms with E-state index in [0.717, 1.165) is 11.2 Å². The molecule has 0 amide bonds. The number of hydrogen-bond donors (Lipinski definition) is 0. The monoisotopic (exact) mass is 231 g/mol. The molecule has 2 rings (SSSR count). The lowest BCUT2D eigenvalue weighted by atomic mass is 9.88. The Morgan fingerprint density at radius 1 is 1.00 bits per heavy atom. The minimum absolute atomic E-state index is 0.0188. The summed E-state index contributed by atoms with van der Waals surface area (Å²) in [5, 5.41) is 0. The maximum atomic E-state index is 4.57. The van der Waals surface area contributed by atoms with Gasteiger partial charge < -0.3 is 4.57 Å². The molecule has 0 radical (unpaired) electrons. The van der Waals surface area contributed by atoms with Crippen LogP contribution in [0.1, 0.15) is 47.1 Å². The van der Waals surface area contributed by atoms with Crippen LogP contribution in [0.4, 0.5) is 0 Å². The molecule has 2 aromatic heterocycles. The Morgan fingerprint density at radius 2 is 1.65 bits per heavy atom. The zero-order chi connectivity index (χ0) is 12.8. The Labute approximate surface area is 103 Å². The zero-order valence-corrected chi connectivity index (χ0v) is 11.6. The molecule has 92 valence electrons. The highest BCUT2D eigenvalue weighted by Crippen LogP contribution is 2.26. The predicted molar refractivity (Wildman–Crippen MR) is 71.2 cm³/mol. The number of pyridine rings is 1. The van der Waals surface area contributed by atoms with E-state index in [1.165, 1.54) is 5.56 Å². The molecule has 3 nitrogen and oxygen atoms in total. The summed E-state index contributed by atoms with van der Waals surface area (Å²) in [6.45, 7) is 13.1. The lowest BCUT2D eigenvalue weighted by molar-refractivity contribution is 0.406. The van der Waals surface area contributed by atoms with Gasteiger partial charge in [-0.05, 0) is 37.8 Å². The van der Waals surface area contributed by atoms with Crippen LogP contribution in [-0.4, -0.2) is 14.5 Å². The highest BCUT2D eigenvalue weighted by Gasteiger charge is 2.19. The fourth-order valence-electron chi connectivity index (χ4n) is 1.80. The normalized spacial score (nSPS) is 13.3. The minimum atomic E-state index is 0.0188. The van der Waals surface area contributed by atoms with Crippen LogP contribution in [0.15, 0.2) is 18.6 Å². The van der Waals surface area contributed by atoms with Crippen LogP contribution >= 0.6 is 0 Å². The fraction of sp³-hybridized carbons (Fsp3) is 0.571. The molecule has 0 aliphatic rings. The van der Waals surface area contributed by atoms with Crippen molar-refractivity contribution in [3.63, 3.8) is 0 Å². The van der Waals surface area contributed by atoms with E-state index in [4.69, 9.17) is 0 Å². The third-order valence-electron chi connectivity index (χ3n) is 2.98. The van der Waals surface area contributed by atoms with Crippen molar-refractivity contribution in [1.82, 2.24) is 14.5 Å². The molecule has 0 fully saturated rings. The van der Waals surface area contributed by atoms with E-state index in [1.807, 2.05) is 12.5 Å². The van der Waals surface area contributed by atoms with E-state index in [1.54, 1.807) is 0 Å². The SMILES string of the molecule is CC(C)(C)c1cnc2c(c1)ncn2C(C)(C)C. The summed E-state index contributed by atoms with van der Waals surface area (Å²) in [6.07, 6.45) is 3.84. The van der Waals surface area contributed by atoms with Gasteiger partial charge in [0.1, 0.15) is 5.52 Å². The van der Waals surface area contributed by atoms with Gasteiger partial charge in [0, 0.05) is 11.7 Å². The van der Waals surface area contributed by atoms with E-state index in [2.05, 4.69) is 62.1 Å². The summed E-state index contributed by atoms with van der Waals surface area (Å²) in [4.78, 5) is 9.03. The van der Waals surface area contributed by atoms with Crippen LogP contribution < -0.4 is 0 Å². The first-order valence-corrected chi connectivity index (χ1v) is 6.04. The maximum Gasteiger partial charge on any atom is 0.160 e. The smallest absolute Gasteiger partial charge is 0.160 e. The number of fused-ring (bicyclic) bond motifs is 1. The summed E-state index contributed by atoms with van der Waals surface area (Å²) >= 11 is 0. The van der Waals surface area contributed by atoms with E-state index >= 15 is 0 Å². The van der Waals surface area contributed by atoms with Crippen molar-refractivity contribution in [3.8, 4) is 0 Å². The van der Waals surface area contributed by atoms with Crippen molar-refractivity contribution in [2.75, 3.05) is 0 Å². The first-order chi connectivity index (χ1) is 7.69. The van der Waals surface area contributed by atoms with Crippen molar-refractivity contribution >= 4 is 11.2 Å². The lowest BCUT2D eigenvalue weighted by Gasteiger charge is -2.22. The van der Waals surface area contributed by atoms with Gasteiger partial charge in [-0.3, -0.25) is 0 Å². The van der Waals surface area contributed by atoms with Crippen LogP contribution in [0.25, 0.3) is 11.2 Å². The highest BCUT2D eigenvalue weighted by atomic mass is 15.1. The second-order valence-electron chi connectivity index (χ2n) is 6.60. The summed E-state index contributed by atoms with van der Waals surface area (Å²) in [5.74, 6) is 0. The molecule has 0 aliphatic carbocycles. The Bertz CT molecular complexity index is 539. The predicted octanol–water partition coefficient (Wildman–Crippen LogP) is 3.48. The van der Waals surface area contributed by atoms with Crippen LogP contribution in [0.5, 0.6) is 0 Å². The van der Waals surface area contributed by atoms with Gasteiger partial charge in [0.05, 0.1) is 6.33 Å². The summed E-state index contributed by atoms with van der Waals surface area (Å²) < 4.78 is 2.12. The molecule has 0 unspecified atom stereocenters. The Kier molecular flexibility index (Phi) is 2.53. The minimum Gasteiger partial charge on any atom is -0.310 e. The molecular weight excluding hydrogens is 210 g/mol. The molecule has 0 saturated carbocycles. The number of rotatable bonds is 0. The number of aromatic nitrogens is 3. The van der Waals surface area contributed by atoms with Gasteiger partial charge in [0.25, 0.3) is 0 Å². The third kappa shape index (κ3) is 2.19. The standard InChI is InChI=1S/C14H21N3/c1-13(2,3)10-7-11-12(15-8-10)17(9-16-11)14(4,5)6/h7-9H,1-6H3. The average Bonchev–Trinajstić information content (AvgIpc) is 2.57. The van der Waals surface area contributed by atoms with Crippen molar-refractivity contribution in [2.45, 2.75) is 52.5 Å². The highest BCUT2D eigenvalue weighted by molar-refractivity contribution is 5.71. The molecule has 2 aromatic rings. The van der Waals surface area contributed by atoms with Gasteiger partial charge in [-0.25, -0.2) is 9.97 Å². The van der Waals surface area contributed by atoms with Crippen molar-refractivity contribution < 1.29 is 0 Å². The molecule has 17 heavy (non-hydrogen) atoms. The Balaban J connectivity index is 2.61. The van der Waals surface area contributed by atoms with Gasteiger partial charge in [-0.2, -0.15) is 0 Å². The van der Waals surface area contributed by atoms with Gasteiger partial charge in [0.2, 0.25) is 0 Å². The van der Waals surface area contributed by atoms with E-state index < -0.39 is 0 Å². The van der Waals surface area contributed by atoms with Crippen molar-refractivity contribution in [3.05, 3.63) is 24.2 Å². The van der Waals surface area contributed by atoms with Gasteiger partial charge in [-0.1, -0.05) is 20.8 Å². The van der Waals surface area contributed by atoms with Crippen LogP contribution in [-0.2, 0) is 11.0 Å². The fourth-order valence-corrected chi connectivity index (χ4v) is 1.80. The number of hydrogen-bond acceptors (Lipinski definition) is 2. The molecule has 0 spiro atoms. The molecule has 2 heterocycles. The number of nitrogens with zero attached hydrogens (tertiary/aromatic N) is 3. The van der Waals surface area contributed by atoms with Crippen LogP contribution in [0.2, 0.25) is 0 Å². The topological polar surface area (TPSA) is 30.7 Å². The first-order valence-electron chi connectivity index (χ1n) is 6.04. The molecule has 0 bridgehead atoms. The Hall–Kier alpha value is -1.38. The lowest BCUT2D eigenvalue weighted by Crippen LogP contribution is -2.21. The molecule has 0 atom stereocenters. The molecule has 0 N–H and O–H groups in total. The summed E-state index contributed by atoms with van der Waals surface area (Å²) in [7, 11) is 0. The Morgan fingerprint density at radius 3 is 2.18 bits per heavy atom. The van der Waals surface area contributed by atoms with Crippen LogP contribution in [0.3, 0.4) is 0 Å². The van der Waals surface area contributed by atoms with Crippen molar-refractivity contribution in [2.24, 2.45) is 0 Å². The van der Waals surface area contributed by atoms with Crippen LogP contribution in [0, 0.1) is 0 Å². The molecular formula is C14H21N3. The molecule has 0 aliphatic heterocycles. The zero-order valence-electron chi connectivity index (χ0n) is 11.6. The van der Waals surface area contributed by atoms with E-state index in [-0.39, 0.29) is 11.0 Å². The summed E-state index contributed by atoms with van der Waals surface area (Å²) in [6, 6.07) is 2.14. The first kappa shape index (κ1) is 12.1.